The molecule has 6 nitrogen and oxygen atoms in total. The number of carbonyl (C=O) groups is 1. The van der Waals surface area contributed by atoms with Gasteiger partial charge in [0.15, 0.2) is 0 Å². The number of nitrogens with one attached hydrogen (secondary N) is 2. The van der Waals surface area contributed by atoms with Crippen LogP contribution in [0.4, 0.5) is 5.69 Å². The molecule has 110 valence electrons. The molecule has 0 saturated heterocycles. The summed E-state index contributed by atoms with van der Waals surface area (Å²) in [6, 6.07) is 4.09. The lowest BCUT2D eigenvalue weighted by Gasteiger charge is -2.16. The van der Waals surface area contributed by atoms with Crippen LogP contribution in [-0.4, -0.2) is 31.6 Å². The number of hydrogen-bond donors (Lipinski definition) is 3. The van der Waals surface area contributed by atoms with Gasteiger partial charge in [0.05, 0.1) is 11.3 Å². The Hall–Kier alpha value is -1.60. The van der Waals surface area contributed by atoms with Crippen LogP contribution in [0.15, 0.2) is 23.1 Å². The standard InChI is InChI=1S/C13H18N2O4S/c1-8(2)14-11-6-3-9(13(16)17)7-12(11)20(18,19)15-10-4-5-10/h3,6-8,10,14-15H,4-5H2,1-2H3,(H,16,17). The first-order valence-electron chi connectivity index (χ1n) is 6.46. The van der Waals surface area contributed by atoms with Gasteiger partial charge in [0.25, 0.3) is 0 Å². The van der Waals surface area contributed by atoms with E-state index in [1.54, 1.807) is 0 Å². The van der Waals surface area contributed by atoms with E-state index in [1.807, 2.05) is 13.8 Å². The van der Waals surface area contributed by atoms with Gasteiger partial charge in [0, 0.05) is 12.1 Å². The van der Waals surface area contributed by atoms with E-state index in [2.05, 4.69) is 10.0 Å². The molecule has 7 heteroatoms. The van der Waals surface area contributed by atoms with Crippen molar-refractivity contribution in [1.82, 2.24) is 4.72 Å². The fourth-order valence-electron chi connectivity index (χ4n) is 1.79. The second-order valence-electron chi connectivity index (χ2n) is 5.21. The normalized spacial score (nSPS) is 15.3. The highest BCUT2D eigenvalue weighted by Gasteiger charge is 2.30. The summed E-state index contributed by atoms with van der Waals surface area (Å²) >= 11 is 0. The molecule has 1 aliphatic rings. The van der Waals surface area contributed by atoms with Gasteiger partial charge in [0.2, 0.25) is 10.0 Å². The van der Waals surface area contributed by atoms with Crippen LogP contribution in [0.5, 0.6) is 0 Å². The van der Waals surface area contributed by atoms with E-state index in [1.165, 1.54) is 18.2 Å². The monoisotopic (exact) mass is 298 g/mol. The van der Waals surface area contributed by atoms with Crippen LogP contribution in [0.3, 0.4) is 0 Å². The largest absolute Gasteiger partial charge is 0.478 e. The van der Waals surface area contributed by atoms with Crippen molar-refractivity contribution in [3.8, 4) is 0 Å². The number of carboxylic acids is 1. The number of carboxylic acid groups (broad SMARTS) is 1. The highest BCUT2D eigenvalue weighted by molar-refractivity contribution is 7.89. The average Bonchev–Trinajstić information content (AvgIpc) is 3.11. The number of hydrogen-bond acceptors (Lipinski definition) is 4. The van der Waals surface area contributed by atoms with E-state index < -0.39 is 16.0 Å². The SMILES string of the molecule is CC(C)Nc1ccc(C(=O)O)cc1S(=O)(=O)NC1CC1. The molecule has 1 aromatic rings. The predicted molar refractivity (Wildman–Crippen MR) is 75.5 cm³/mol. The zero-order chi connectivity index (χ0) is 14.9. The topological polar surface area (TPSA) is 95.5 Å². The number of rotatable bonds is 6. The second-order valence-corrected chi connectivity index (χ2v) is 6.89. The molecule has 1 saturated carbocycles. The van der Waals surface area contributed by atoms with E-state index >= 15 is 0 Å². The fourth-order valence-corrected chi connectivity index (χ4v) is 3.29. The lowest BCUT2D eigenvalue weighted by molar-refractivity contribution is 0.0696. The first-order valence-corrected chi connectivity index (χ1v) is 7.94. The summed E-state index contributed by atoms with van der Waals surface area (Å²) in [4.78, 5) is 11.0. The van der Waals surface area contributed by atoms with Gasteiger partial charge >= 0.3 is 5.97 Å². The molecule has 1 aliphatic carbocycles. The smallest absolute Gasteiger partial charge is 0.335 e. The third-order valence-electron chi connectivity index (χ3n) is 2.86. The Morgan fingerprint density at radius 1 is 1.35 bits per heavy atom. The zero-order valence-electron chi connectivity index (χ0n) is 11.4. The van der Waals surface area contributed by atoms with Crippen molar-refractivity contribution in [1.29, 1.82) is 0 Å². The maximum atomic E-state index is 12.3. The number of anilines is 1. The molecule has 0 aliphatic heterocycles. The summed E-state index contributed by atoms with van der Waals surface area (Å²) in [7, 11) is -3.71. The van der Waals surface area contributed by atoms with Crippen LogP contribution in [0.2, 0.25) is 0 Å². The van der Waals surface area contributed by atoms with Crippen LogP contribution in [0, 0.1) is 0 Å². The van der Waals surface area contributed by atoms with Gasteiger partial charge in [-0.2, -0.15) is 0 Å². The Morgan fingerprint density at radius 2 is 2.00 bits per heavy atom. The Bertz CT molecular complexity index is 621. The summed E-state index contributed by atoms with van der Waals surface area (Å²) in [6.45, 7) is 3.77. The van der Waals surface area contributed by atoms with Crippen molar-refractivity contribution in [3.63, 3.8) is 0 Å². The van der Waals surface area contributed by atoms with Crippen molar-refractivity contribution in [2.45, 2.75) is 43.7 Å². The maximum absolute atomic E-state index is 12.3. The molecule has 0 amide bonds. The molecule has 0 bridgehead atoms. The number of benzene rings is 1. The molecule has 0 radical (unpaired) electrons. The third kappa shape index (κ3) is 3.49. The molecule has 1 fully saturated rings. The summed E-state index contributed by atoms with van der Waals surface area (Å²) < 4.78 is 27.2. The van der Waals surface area contributed by atoms with E-state index in [0.29, 0.717) is 5.69 Å². The van der Waals surface area contributed by atoms with E-state index in [0.717, 1.165) is 12.8 Å². The molecule has 2 rings (SSSR count). The van der Waals surface area contributed by atoms with Crippen LogP contribution in [0.25, 0.3) is 0 Å². The van der Waals surface area contributed by atoms with Gasteiger partial charge in [-0.3, -0.25) is 0 Å². The minimum Gasteiger partial charge on any atom is -0.478 e. The Labute approximate surface area is 118 Å². The van der Waals surface area contributed by atoms with Crippen molar-refractivity contribution >= 4 is 21.7 Å². The minimum absolute atomic E-state index is 0.0157. The molecule has 0 aromatic heterocycles. The molecular weight excluding hydrogens is 280 g/mol. The summed E-state index contributed by atoms with van der Waals surface area (Å²) in [6.07, 6.45) is 1.65. The number of aromatic carboxylic acids is 1. The molecule has 3 N–H and O–H groups in total. The van der Waals surface area contributed by atoms with Crippen molar-refractivity contribution in [2.75, 3.05) is 5.32 Å². The number of sulfonamides is 1. The van der Waals surface area contributed by atoms with Crippen molar-refractivity contribution < 1.29 is 18.3 Å². The summed E-state index contributed by atoms with van der Waals surface area (Å²) in [5.41, 5.74) is 0.369. The molecule has 0 unspecified atom stereocenters. The van der Waals surface area contributed by atoms with Gasteiger partial charge in [-0.25, -0.2) is 17.9 Å². The van der Waals surface area contributed by atoms with Crippen LogP contribution < -0.4 is 10.0 Å². The molecule has 1 aromatic carbocycles. The highest BCUT2D eigenvalue weighted by Crippen LogP contribution is 2.27. The van der Waals surface area contributed by atoms with Gasteiger partial charge in [0.1, 0.15) is 4.90 Å². The van der Waals surface area contributed by atoms with Gasteiger partial charge in [-0.05, 0) is 44.9 Å². The quantitative estimate of drug-likeness (QED) is 0.742. The zero-order valence-corrected chi connectivity index (χ0v) is 12.2. The molecule has 0 atom stereocenters. The van der Waals surface area contributed by atoms with E-state index in [4.69, 9.17) is 5.11 Å². The minimum atomic E-state index is -3.71. The molecule has 0 spiro atoms. The average molecular weight is 298 g/mol. The maximum Gasteiger partial charge on any atom is 0.335 e. The Morgan fingerprint density at radius 3 is 2.50 bits per heavy atom. The van der Waals surface area contributed by atoms with Crippen molar-refractivity contribution in [3.05, 3.63) is 23.8 Å². The first-order chi connectivity index (χ1) is 9.29. The lowest BCUT2D eigenvalue weighted by atomic mass is 10.2. The van der Waals surface area contributed by atoms with Crippen LogP contribution in [0.1, 0.15) is 37.0 Å². The van der Waals surface area contributed by atoms with Gasteiger partial charge in [-0.1, -0.05) is 0 Å². The summed E-state index contributed by atoms with van der Waals surface area (Å²) in [5.74, 6) is -1.15. The molecule has 20 heavy (non-hydrogen) atoms. The Balaban J connectivity index is 2.44. The highest BCUT2D eigenvalue weighted by atomic mass is 32.2. The van der Waals surface area contributed by atoms with E-state index in [9.17, 15) is 13.2 Å². The third-order valence-corrected chi connectivity index (χ3v) is 4.42. The summed E-state index contributed by atoms with van der Waals surface area (Å²) in [5, 5.41) is 12.0. The van der Waals surface area contributed by atoms with Crippen LogP contribution in [-0.2, 0) is 10.0 Å². The lowest BCUT2D eigenvalue weighted by Crippen LogP contribution is -2.27. The van der Waals surface area contributed by atoms with E-state index in [-0.39, 0.29) is 22.5 Å². The van der Waals surface area contributed by atoms with Gasteiger partial charge in [-0.15, -0.1) is 0 Å². The van der Waals surface area contributed by atoms with Crippen molar-refractivity contribution in [2.24, 2.45) is 0 Å². The Kier molecular flexibility index (Phi) is 4.01. The second kappa shape index (κ2) is 5.41. The van der Waals surface area contributed by atoms with Gasteiger partial charge < -0.3 is 10.4 Å². The molecular formula is C13H18N2O4S. The molecule has 0 heterocycles. The van der Waals surface area contributed by atoms with Crippen LogP contribution >= 0.6 is 0 Å². The fraction of sp³-hybridized carbons (Fsp3) is 0.462. The first kappa shape index (κ1) is 14.8. The predicted octanol–water partition coefficient (Wildman–Crippen LogP) is 1.65.